The van der Waals surface area contributed by atoms with Crippen LogP contribution in [0.3, 0.4) is 0 Å². The lowest BCUT2D eigenvalue weighted by Gasteiger charge is -2.07. The zero-order valence-electron chi connectivity index (χ0n) is 14.7. The van der Waals surface area contributed by atoms with Gasteiger partial charge in [0.05, 0.1) is 11.7 Å². The van der Waals surface area contributed by atoms with E-state index in [1.54, 1.807) is 0 Å². The number of hydrogen-bond acceptors (Lipinski definition) is 4. The van der Waals surface area contributed by atoms with Crippen molar-refractivity contribution in [1.29, 1.82) is 0 Å². The summed E-state index contributed by atoms with van der Waals surface area (Å²) >= 11 is 1.47. The molecule has 0 fully saturated rings. The van der Waals surface area contributed by atoms with Gasteiger partial charge in [-0.1, -0.05) is 42.5 Å². The largest absolute Gasteiger partial charge is 0.325 e. The molecule has 27 heavy (non-hydrogen) atoms. The van der Waals surface area contributed by atoms with Crippen LogP contribution in [0.1, 0.15) is 5.56 Å². The number of carbonyl (C=O) groups excluding carboxylic acids is 1. The van der Waals surface area contributed by atoms with Crippen LogP contribution in [0.25, 0.3) is 20.7 Å². The molecular formula is C21H17N3O2S. The summed E-state index contributed by atoms with van der Waals surface area (Å²) in [5.74, 6) is -0.262. The second-order valence-corrected chi connectivity index (χ2v) is 7.32. The highest BCUT2D eigenvalue weighted by Crippen LogP contribution is 2.30. The van der Waals surface area contributed by atoms with Crippen LogP contribution in [0.15, 0.2) is 71.8 Å². The van der Waals surface area contributed by atoms with Gasteiger partial charge in [-0.25, -0.2) is 4.98 Å². The first-order chi connectivity index (χ1) is 13.1. The Morgan fingerprint density at radius 3 is 2.70 bits per heavy atom. The zero-order valence-corrected chi connectivity index (χ0v) is 15.5. The van der Waals surface area contributed by atoms with Gasteiger partial charge in [0.25, 0.3) is 5.56 Å². The molecule has 5 nitrogen and oxygen atoms in total. The molecule has 2 aromatic heterocycles. The third-order valence-electron chi connectivity index (χ3n) is 4.19. The molecule has 2 aromatic carbocycles. The third kappa shape index (κ3) is 3.66. The summed E-state index contributed by atoms with van der Waals surface area (Å²) in [4.78, 5) is 31.1. The van der Waals surface area contributed by atoms with E-state index in [0.717, 1.165) is 16.0 Å². The number of aryl methyl sites for hydroxylation is 1. The predicted molar refractivity (Wildman–Crippen MR) is 109 cm³/mol. The summed E-state index contributed by atoms with van der Waals surface area (Å²) in [6.07, 6.45) is 1.44. The molecule has 134 valence electrons. The SMILES string of the molecule is Cc1cccc(NC(=O)Cn2cnc3sc(-c4ccccc4)cc3c2=O)c1. The molecule has 0 aliphatic carbocycles. The molecule has 1 N–H and O–H groups in total. The van der Waals surface area contributed by atoms with Gasteiger partial charge < -0.3 is 5.32 Å². The monoisotopic (exact) mass is 375 g/mol. The number of hydrogen-bond donors (Lipinski definition) is 1. The Bertz CT molecular complexity index is 1180. The minimum absolute atomic E-state index is 0.0772. The molecule has 1 amide bonds. The van der Waals surface area contributed by atoms with Crippen molar-refractivity contribution in [3.8, 4) is 10.4 Å². The van der Waals surface area contributed by atoms with Crippen molar-refractivity contribution in [3.63, 3.8) is 0 Å². The van der Waals surface area contributed by atoms with E-state index < -0.39 is 0 Å². The van der Waals surface area contributed by atoms with Gasteiger partial charge >= 0.3 is 0 Å². The van der Waals surface area contributed by atoms with Crippen LogP contribution in [-0.2, 0) is 11.3 Å². The molecule has 0 radical (unpaired) electrons. The maximum absolute atomic E-state index is 12.8. The first kappa shape index (κ1) is 17.2. The Kier molecular flexibility index (Phi) is 4.56. The first-order valence-electron chi connectivity index (χ1n) is 8.51. The topological polar surface area (TPSA) is 64.0 Å². The number of benzene rings is 2. The normalized spacial score (nSPS) is 10.9. The van der Waals surface area contributed by atoms with Gasteiger partial charge in [-0.15, -0.1) is 11.3 Å². The first-order valence-corrected chi connectivity index (χ1v) is 9.33. The second-order valence-electron chi connectivity index (χ2n) is 6.29. The van der Waals surface area contributed by atoms with E-state index in [1.165, 1.54) is 22.2 Å². The van der Waals surface area contributed by atoms with Gasteiger partial charge in [-0.2, -0.15) is 0 Å². The van der Waals surface area contributed by atoms with Crippen molar-refractivity contribution in [2.75, 3.05) is 5.32 Å². The van der Waals surface area contributed by atoms with Gasteiger partial charge in [0.1, 0.15) is 11.4 Å². The predicted octanol–water partition coefficient (Wildman–Crippen LogP) is 4.07. The molecule has 0 saturated carbocycles. The van der Waals surface area contributed by atoms with Crippen molar-refractivity contribution in [2.45, 2.75) is 13.5 Å². The van der Waals surface area contributed by atoms with Crippen LogP contribution in [0.4, 0.5) is 5.69 Å². The van der Waals surface area contributed by atoms with Crippen LogP contribution in [0.5, 0.6) is 0 Å². The van der Waals surface area contributed by atoms with E-state index in [9.17, 15) is 9.59 Å². The summed E-state index contributed by atoms with van der Waals surface area (Å²) in [5.41, 5.74) is 2.60. The highest BCUT2D eigenvalue weighted by molar-refractivity contribution is 7.21. The van der Waals surface area contributed by atoms with Crippen molar-refractivity contribution in [2.24, 2.45) is 0 Å². The molecule has 0 aliphatic heterocycles. The van der Waals surface area contributed by atoms with Crippen molar-refractivity contribution >= 4 is 33.1 Å². The number of amides is 1. The fourth-order valence-electron chi connectivity index (χ4n) is 2.90. The lowest BCUT2D eigenvalue weighted by atomic mass is 10.2. The number of nitrogens with zero attached hydrogens (tertiary/aromatic N) is 2. The number of thiophene rings is 1. The van der Waals surface area contributed by atoms with Gasteiger partial charge in [0, 0.05) is 10.6 Å². The van der Waals surface area contributed by atoms with Crippen LogP contribution >= 0.6 is 11.3 Å². The number of aromatic nitrogens is 2. The van der Waals surface area contributed by atoms with E-state index in [2.05, 4.69) is 10.3 Å². The number of nitrogens with one attached hydrogen (secondary N) is 1. The van der Waals surface area contributed by atoms with E-state index >= 15 is 0 Å². The standard InChI is InChI=1S/C21H17N3O2S/c1-14-6-5-9-16(10-14)23-19(25)12-24-13-22-20-17(21(24)26)11-18(27-20)15-7-3-2-4-8-15/h2-11,13H,12H2,1H3,(H,23,25). The highest BCUT2D eigenvalue weighted by atomic mass is 32.1. The Balaban J connectivity index is 1.60. The van der Waals surface area contributed by atoms with Crippen molar-refractivity contribution < 1.29 is 4.79 Å². The van der Waals surface area contributed by atoms with Gasteiger partial charge in [0.2, 0.25) is 5.91 Å². The van der Waals surface area contributed by atoms with Gasteiger partial charge in [-0.05, 0) is 36.2 Å². The lowest BCUT2D eigenvalue weighted by molar-refractivity contribution is -0.116. The van der Waals surface area contributed by atoms with Gasteiger partial charge in [0.15, 0.2) is 0 Å². The molecule has 0 bridgehead atoms. The number of rotatable bonds is 4. The third-order valence-corrected chi connectivity index (χ3v) is 5.28. The van der Waals surface area contributed by atoms with Crippen molar-refractivity contribution in [3.05, 3.63) is 82.9 Å². The van der Waals surface area contributed by atoms with Crippen LogP contribution in [0, 0.1) is 6.92 Å². The molecule has 4 rings (SSSR count). The minimum atomic E-state index is -0.262. The Morgan fingerprint density at radius 2 is 1.93 bits per heavy atom. The summed E-state index contributed by atoms with van der Waals surface area (Å²) in [5, 5.41) is 3.35. The maximum Gasteiger partial charge on any atom is 0.262 e. The molecule has 0 aliphatic rings. The fourth-order valence-corrected chi connectivity index (χ4v) is 3.89. The van der Waals surface area contributed by atoms with Crippen LogP contribution in [-0.4, -0.2) is 15.5 Å². The molecule has 0 unspecified atom stereocenters. The maximum atomic E-state index is 12.8. The van der Waals surface area contributed by atoms with Crippen molar-refractivity contribution in [1.82, 2.24) is 9.55 Å². The molecule has 0 atom stereocenters. The van der Waals surface area contributed by atoms with Crippen LogP contribution < -0.4 is 10.9 Å². The molecule has 4 aromatic rings. The van der Waals surface area contributed by atoms with E-state index in [4.69, 9.17) is 0 Å². The van der Waals surface area contributed by atoms with E-state index in [-0.39, 0.29) is 18.0 Å². The van der Waals surface area contributed by atoms with Gasteiger partial charge in [-0.3, -0.25) is 14.2 Å². The number of fused-ring (bicyclic) bond motifs is 1. The van der Waals surface area contributed by atoms with E-state index in [0.29, 0.717) is 15.9 Å². The molecule has 0 saturated heterocycles. The quantitative estimate of drug-likeness (QED) is 0.585. The average Bonchev–Trinajstić information content (AvgIpc) is 3.10. The summed E-state index contributed by atoms with van der Waals surface area (Å²) < 4.78 is 1.34. The fraction of sp³-hybridized carbons (Fsp3) is 0.0952. The second kappa shape index (κ2) is 7.17. The smallest absolute Gasteiger partial charge is 0.262 e. The molecule has 2 heterocycles. The summed E-state index contributed by atoms with van der Waals surface area (Å²) in [7, 11) is 0. The average molecular weight is 375 g/mol. The Morgan fingerprint density at radius 1 is 1.11 bits per heavy atom. The molecule has 0 spiro atoms. The molecular weight excluding hydrogens is 358 g/mol. The zero-order chi connectivity index (χ0) is 18.8. The number of anilines is 1. The van der Waals surface area contributed by atoms with Crippen LogP contribution in [0.2, 0.25) is 0 Å². The lowest BCUT2D eigenvalue weighted by Crippen LogP contribution is -2.27. The summed E-state index contributed by atoms with van der Waals surface area (Å²) in [6.45, 7) is 1.88. The molecule has 6 heteroatoms. The number of carbonyl (C=O) groups is 1. The summed E-state index contributed by atoms with van der Waals surface area (Å²) in [6, 6.07) is 19.3. The minimum Gasteiger partial charge on any atom is -0.325 e. The van der Waals surface area contributed by atoms with E-state index in [1.807, 2.05) is 67.6 Å². The highest BCUT2D eigenvalue weighted by Gasteiger charge is 2.12. The Labute approximate surface area is 159 Å². The Hall–Kier alpha value is -3.25.